The van der Waals surface area contributed by atoms with E-state index in [1.165, 1.54) is 22.9 Å². The van der Waals surface area contributed by atoms with E-state index in [1.54, 1.807) is 0 Å². The predicted molar refractivity (Wildman–Crippen MR) is 98.9 cm³/mol. The molecule has 0 saturated heterocycles. The number of aliphatic hydroxyl groups is 1. The molecule has 24 heavy (non-hydrogen) atoms. The van der Waals surface area contributed by atoms with E-state index in [0.717, 1.165) is 17.1 Å². The number of aryl methyl sites for hydroxylation is 1. The summed E-state index contributed by atoms with van der Waals surface area (Å²) in [4.78, 5) is 23.2. The molecule has 8 heteroatoms. The number of H-pyrrole nitrogens is 1. The van der Waals surface area contributed by atoms with Gasteiger partial charge in [0.1, 0.15) is 4.70 Å². The van der Waals surface area contributed by atoms with Crippen LogP contribution in [0.25, 0.3) is 10.3 Å². The molecule has 0 aliphatic carbocycles. The molecule has 0 bridgehead atoms. The van der Waals surface area contributed by atoms with Crippen molar-refractivity contribution in [2.45, 2.75) is 30.8 Å². The third-order valence-electron chi connectivity index (χ3n) is 3.37. The van der Waals surface area contributed by atoms with Gasteiger partial charge in [-0.2, -0.15) is 0 Å². The van der Waals surface area contributed by atoms with Crippen molar-refractivity contribution >= 4 is 39.3 Å². The van der Waals surface area contributed by atoms with Gasteiger partial charge in [-0.25, -0.2) is 9.97 Å². The van der Waals surface area contributed by atoms with Crippen LogP contribution in [-0.2, 0) is 5.75 Å². The minimum Gasteiger partial charge on any atom is -0.394 e. The molecule has 0 aliphatic rings. The third-order valence-corrected chi connectivity index (χ3v) is 5.16. The van der Waals surface area contributed by atoms with Gasteiger partial charge in [-0.05, 0) is 19.4 Å². The van der Waals surface area contributed by atoms with Crippen LogP contribution in [0.15, 0.2) is 34.2 Å². The fraction of sp³-hybridized carbons (Fsp3) is 0.312. The molecule has 1 atom stereocenters. The highest BCUT2D eigenvalue weighted by atomic mass is 32.2. The molecule has 1 unspecified atom stereocenters. The SMILES string of the molecule is Cc1cccc(CSc2nc(NC(C)CO)c3sc(=O)[nH]c3n2)c1. The highest BCUT2D eigenvalue weighted by molar-refractivity contribution is 7.98. The van der Waals surface area contributed by atoms with Crippen molar-refractivity contribution in [3.8, 4) is 0 Å². The fourth-order valence-corrected chi connectivity index (χ4v) is 3.73. The van der Waals surface area contributed by atoms with Crippen LogP contribution in [0, 0.1) is 6.92 Å². The summed E-state index contributed by atoms with van der Waals surface area (Å²) in [5, 5.41) is 13.0. The van der Waals surface area contributed by atoms with E-state index in [0.29, 0.717) is 21.3 Å². The predicted octanol–water partition coefficient (Wildman–Crippen LogP) is 2.77. The lowest BCUT2D eigenvalue weighted by Gasteiger charge is -2.12. The van der Waals surface area contributed by atoms with Crippen LogP contribution >= 0.6 is 23.1 Å². The first-order valence-corrected chi connectivity index (χ1v) is 9.32. The summed E-state index contributed by atoms with van der Waals surface area (Å²) in [5.74, 6) is 1.33. The Kier molecular flexibility index (Phi) is 5.17. The zero-order chi connectivity index (χ0) is 17.1. The zero-order valence-corrected chi connectivity index (χ0v) is 15.0. The highest BCUT2D eigenvalue weighted by Gasteiger charge is 2.13. The number of hydrogen-bond acceptors (Lipinski definition) is 7. The van der Waals surface area contributed by atoms with Crippen LogP contribution in [0.3, 0.4) is 0 Å². The summed E-state index contributed by atoms with van der Waals surface area (Å²) in [6, 6.07) is 8.13. The van der Waals surface area contributed by atoms with Gasteiger partial charge in [0.05, 0.1) is 6.61 Å². The van der Waals surface area contributed by atoms with Crippen LogP contribution in [-0.4, -0.2) is 32.7 Å². The number of thioether (sulfide) groups is 1. The first-order valence-electron chi connectivity index (χ1n) is 7.52. The maximum absolute atomic E-state index is 11.6. The Morgan fingerprint density at radius 2 is 2.25 bits per heavy atom. The smallest absolute Gasteiger partial charge is 0.306 e. The largest absolute Gasteiger partial charge is 0.394 e. The number of nitrogens with zero attached hydrogens (tertiary/aromatic N) is 2. The Hall–Kier alpha value is -1.90. The van der Waals surface area contributed by atoms with Crippen LogP contribution in [0.4, 0.5) is 5.82 Å². The lowest BCUT2D eigenvalue weighted by atomic mass is 10.2. The van der Waals surface area contributed by atoms with E-state index < -0.39 is 0 Å². The van der Waals surface area contributed by atoms with Crippen molar-refractivity contribution in [1.82, 2.24) is 15.0 Å². The van der Waals surface area contributed by atoms with Gasteiger partial charge >= 0.3 is 4.87 Å². The Morgan fingerprint density at radius 3 is 3.00 bits per heavy atom. The van der Waals surface area contributed by atoms with Gasteiger partial charge in [-0.3, -0.25) is 9.78 Å². The fourth-order valence-electron chi connectivity index (χ4n) is 2.22. The Bertz CT molecular complexity index is 906. The minimum atomic E-state index is -0.167. The number of rotatable bonds is 6. The van der Waals surface area contributed by atoms with Gasteiger partial charge in [0.2, 0.25) is 0 Å². The molecule has 126 valence electrons. The number of hydrogen-bond donors (Lipinski definition) is 3. The summed E-state index contributed by atoms with van der Waals surface area (Å²) in [5.41, 5.74) is 2.94. The van der Waals surface area contributed by atoms with Gasteiger partial charge in [0.15, 0.2) is 16.6 Å². The van der Waals surface area contributed by atoms with Crippen molar-refractivity contribution in [1.29, 1.82) is 0 Å². The zero-order valence-electron chi connectivity index (χ0n) is 13.4. The van der Waals surface area contributed by atoms with E-state index in [2.05, 4.69) is 45.4 Å². The molecule has 6 nitrogen and oxygen atoms in total. The summed E-state index contributed by atoms with van der Waals surface area (Å²) in [6.45, 7) is 3.89. The molecule has 0 spiro atoms. The minimum absolute atomic E-state index is 0.0173. The molecule has 0 amide bonds. The van der Waals surface area contributed by atoms with Crippen LogP contribution < -0.4 is 10.2 Å². The second kappa shape index (κ2) is 7.33. The Balaban J connectivity index is 1.88. The normalized spacial score (nSPS) is 12.5. The van der Waals surface area contributed by atoms with Crippen molar-refractivity contribution in [3.63, 3.8) is 0 Å². The first-order chi connectivity index (χ1) is 11.5. The molecular formula is C16H18N4O2S2. The van der Waals surface area contributed by atoms with Crippen molar-refractivity contribution < 1.29 is 5.11 Å². The van der Waals surface area contributed by atoms with Crippen molar-refractivity contribution in [2.24, 2.45) is 0 Å². The van der Waals surface area contributed by atoms with Crippen molar-refractivity contribution in [2.75, 3.05) is 11.9 Å². The standard InChI is InChI=1S/C16H18N4O2S2/c1-9-4-3-5-11(6-9)8-23-15-18-13(17-10(2)7-21)12-14(19-15)20-16(22)24-12/h3-6,10,21H,7-8H2,1-2H3,(H2,17,18,19,20,22). The molecule has 0 aliphatic heterocycles. The molecule has 3 rings (SSSR count). The molecule has 2 aromatic heterocycles. The van der Waals surface area contributed by atoms with E-state index >= 15 is 0 Å². The monoisotopic (exact) mass is 362 g/mol. The number of aromatic amines is 1. The molecule has 0 radical (unpaired) electrons. The number of benzene rings is 1. The quantitative estimate of drug-likeness (QED) is 0.461. The number of aromatic nitrogens is 3. The number of nitrogens with one attached hydrogen (secondary N) is 2. The second-order valence-electron chi connectivity index (χ2n) is 5.55. The maximum atomic E-state index is 11.6. The highest BCUT2D eigenvalue weighted by Crippen LogP contribution is 2.27. The third kappa shape index (κ3) is 3.95. The number of fused-ring (bicyclic) bond motifs is 1. The molecule has 2 heterocycles. The Labute approximate surface area is 147 Å². The molecular weight excluding hydrogens is 344 g/mol. The van der Waals surface area contributed by atoms with Crippen LogP contribution in [0.2, 0.25) is 0 Å². The summed E-state index contributed by atoms with van der Waals surface area (Å²) in [7, 11) is 0. The average molecular weight is 362 g/mol. The van der Waals surface area contributed by atoms with Gasteiger partial charge in [-0.15, -0.1) is 0 Å². The van der Waals surface area contributed by atoms with E-state index in [1.807, 2.05) is 13.0 Å². The maximum Gasteiger partial charge on any atom is 0.306 e. The molecule has 3 aromatic rings. The number of thiazole rings is 1. The molecule has 1 aromatic carbocycles. The summed E-state index contributed by atoms with van der Waals surface area (Å²) >= 11 is 2.58. The lowest BCUT2D eigenvalue weighted by molar-refractivity contribution is 0.281. The van der Waals surface area contributed by atoms with Gasteiger partial charge in [0.25, 0.3) is 0 Å². The Morgan fingerprint density at radius 1 is 1.42 bits per heavy atom. The van der Waals surface area contributed by atoms with Gasteiger partial charge in [-0.1, -0.05) is 52.9 Å². The summed E-state index contributed by atoms with van der Waals surface area (Å²) < 4.78 is 0.681. The average Bonchev–Trinajstić information content (AvgIpc) is 2.93. The van der Waals surface area contributed by atoms with Crippen molar-refractivity contribution in [3.05, 3.63) is 45.1 Å². The lowest BCUT2D eigenvalue weighted by Crippen LogP contribution is -2.20. The second-order valence-corrected chi connectivity index (χ2v) is 7.48. The van der Waals surface area contributed by atoms with E-state index in [4.69, 9.17) is 0 Å². The summed E-state index contributed by atoms with van der Waals surface area (Å²) in [6.07, 6.45) is 0. The number of anilines is 1. The number of aliphatic hydroxyl groups excluding tert-OH is 1. The van der Waals surface area contributed by atoms with Gasteiger partial charge in [0, 0.05) is 11.8 Å². The topological polar surface area (TPSA) is 90.9 Å². The van der Waals surface area contributed by atoms with Crippen LogP contribution in [0.1, 0.15) is 18.1 Å². The van der Waals surface area contributed by atoms with E-state index in [9.17, 15) is 9.90 Å². The van der Waals surface area contributed by atoms with Gasteiger partial charge < -0.3 is 10.4 Å². The molecule has 0 saturated carbocycles. The molecule has 3 N–H and O–H groups in total. The van der Waals surface area contributed by atoms with E-state index in [-0.39, 0.29) is 17.5 Å². The first kappa shape index (κ1) is 16.9. The van der Waals surface area contributed by atoms with Crippen LogP contribution in [0.5, 0.6) is 0 Å². The molecule has 0 fully saturated rings.